The SMILES string of the molecule is C[C@@H](OC(=O)Cc1c(Cl)cccc1Cl)c1nc2ccccc2c(=O)[nH]1. The minimum atomic E-state index is -0.717. The summed E-state index contributed by atoms with van der Waals surface area (Å²) in [4.78, 5) is 31.3. The molecule has 1 atom stereocenters. The smallest absolute Gasteiger partial charge is 0.311 e. The summed E-state index contributed by atoms with van der Waals surface area (Å²) in [6.45, 7) is 1.64. The highest BCUT2D eigenvalue weighted by atomic mass is 35.5. The number of aromatic nitrogens is 2. The number of ether oxygens (including phenoxy) is 1. The van der Waals surface area contributed by atoms with E-state index in [1.54, 1.807) is 49.4 Å². The predicted octanol–water partition coefficient (Wildman–Crippen LogP) is 4.08. The molecule has 0 aliphatic rings. The third-order valence-electron chi connectivity index (χ3n) is 3.71. The van der Waals surface area contributed by atoms with Gasteiger partial charge >= 0.3 is 5.97 Å². The van der Waals surface area contributed by atoms with E-state index in [0.717, 1.165) is 0 Å². The van der Waals surface area contributed by atoms with Crippen molar-refractivity contribution in [2.45, 2.75) is 19.4 Å². The summed E-state index contributed by atoms with van der Waals surface area (Å²) in [5.41, 5.74) is 0.763. The predicted molar refractivity (Wildman–Crippen MR) is 97.0 cm³/mol. The maximum absolute atomic E-state index is 12.2. The molecule has 0 spiro atoms. The van der Waals surface area contributed by atoms with Crippen LogP contribution in [0.5, 0.6) is 0 Å². The zero-order valence-corrected chi connectivity index (χ0v) is 14.8. The van der Waals surface area contributed by atoms with Gasteiger partial charge in [0.1, 0.15) is 0 Å². The summed E-state index contributed by atoms with van der Waals surface area (Å²) in [7, 11) is 0. The number of aromatic amines is 1. The fourth-order valence-electron chi connectivity index (χ4n) is 2.44. The molecule has 3 aromatic rings. The zero-order chi connectivity index (χ0) is 18.0. The largest absolute Gasteiger partial charge is 0.454 e. The van der Waals surface area contributed by atoms with Gasteiger partial charge in [0.2, 0.25) is 0 Å². The van der Waals surface area contributed by atoms with Gasteiger partial charge in [-0.05, 0) is 31.2 Å². The maximum Gasteiger partial charge on any atom is 0.311 e. The monoisotopic (exact) mass is 376 g/mol. The standard InChI is InChI=1S/C18H14Cl2N2O3/c1-10(17-21-15-8-3-2-5-11(15)18(24)22-17)25-16(23)9-12-13(19)6-4-7-14(12)20/h2-8,10H,9H2,1H3,(H,21,22,24)/t10-/m1/s1. The Morgan fingerprint density at radius 1 is 1.16 bits per heavy atom. The molecule has 2 aromatic carbocycles. The summed E-state index contributed by atoms with van der Waals surface area (Å²) >= 11 is 12.1. The molecule has 25 heavy (non-hydrogen) atoms. The molecule has 128 valence electrons. The summed E-state index contributed by atoms with van der Waals surface area (Å²) in [5.74, 6) is -0.236. The summed E-state index contributed by atoms with van der Waals surface area (Å²) in [6.07, 6.45) is -0.785. The van der Waals surface area contributed by atoms with E-state index in [1.807, 2.05) is 0 Å². The molecule has 0 saturated carbocycles. The average molecular weight is 377 g/mol. The molecule has 1 N–H and O–H groups in total. The fraction of sp³-hybridized carbons (Fsp3) is 0.167. The van der Waals surface area contributed by atoms with Crippen LogP contribution in [0.25, 0.3) is 10.9 Å². The van der Waals surface area contributed by atoms with Gasteiger partial charge in [-0.15, -0.1) is 0 Å². The molecule has 0 amide bonds. The maximum atomic E-state index is 12.2. The van der Waals surface area contributed by atoms with E-state index in [9.17, 15) is 9.59 Å². The number of fused-ring (bicyclic) bond motifs is 1. The number of para-hydroxylation sites is 1. The Kier molecular flexibility index (Phi) is 5.06. The van der Waals surface area contributed by atoms with Gasteiger partial charge in [0.25, 0.3) is 5.56 Å². The Morgan fingerprint density at radius 3 is 2.56 bits per heavy atom. The molecular weight excluding hydrogens is 363 g/mol. The molecule has 1 aromatic heterocycles. The van der Waals surface area contributed by atoms with Gasteiger partial charge in [-0.1, -0.05) is 41.4 Å². The van der Waals surface area contributed by atoms with E-state index in [1.165, 1.54) is 0 Å². The number of carbonyl (C=O) groups is 1. The molecule has 1 heterocycles. The zero-order valence-electron chi connectivity index (χ0n) is 13.3. The van der Waals surface area contributed by atoms with Gasteiger partial charge in [-0.25, -0.2) is 4.98 Å². The highest BCUT2D eigenvalue weighted by Gasteiger charge is 2.18. The van der Waals surface area contributed by atoms with Crippen LogP contribution in [0, 0.1) is 0 Å². The summed E-state index contributed by atoms with van der Waals surface area (Å²) < 4.78 is 5.37. The molecule has 0 fully saturated rings. The van der Waals surface area contributed by atoms with Crippen molar-refractivity contribution >= 4 is 40.1 Å². The number of H-pyrrole nitrogens is 1. The minimum Gasteiger partial charge on any atom is -0.454 e. The Labute approximate surface area is 153 Å². The van der Waals surface area contributed by atoms with Crippen LogP contribution in [0.4, 0.5) is 0 Å². The number of nitrogens with zero attached hydrogens (tertiary/aromatic N) is 1. The number of benzene rings is 2. The van der Waals surface area contributed by atoms with Crippen LogP contribution in [0.3, 0.4) is 0 Å². The van der Waals surface area contributed by atoms with Gasteiger partial charge in [0.05, 0.1) is 17.3 Å². The van der Waals surface area contributed by atoms with Gasteiger partial charge in [-0.2, -0.15) is 0 Å². The molecule has 0 saturated heterocycles. The molecule has 3 rings (SSSR count). The highest BCUT2D eigenvalue weighted by Crippen LogP contribution is 2.25. The van der Waals surface area contributed by atoms with Gasteiger partial charge in [0.15, 0.2) is 11.9 Å². The van der Waals surface area contributed by atoms with Crippen molar-refractivity contribution in [3.63, 3.8) is 0 Å². The molecule has 7 heteroatoms. The summed E-state index contributed by atoms with van der Waals surface area (Å²) in [5, 5.41) is 1.27. The first-order valence-corrected chi connectivity index (χ1v) is 8.32. The Balaban J connectivity index is 1.79. The highest BCUT2D eigenvalue weighted by molar-refractivity contribution is 6.36. The normalized spacial score (nSPS) is 12.1. The lowest BCUT2D eigenvalue weighted by Gasteiger charge is -2.14. The minimum absolute atomic E-state index is 0.0688. The van der Waals surface area contributed by atoms with Gasteiger partial charge in [-0.3, -0.25) is 9.59 Å². The first-order chi connectivity index (χ1) is 12.0. The Morgan fingerprint density at radius 2 is 1.84 bits per heavy atom. The first kappa shape index (κ1) is 17.5. The number of carbonyl (C=O) groups excluding carboxylic acids is 1. The van der Waals surface area contributed by atoms with Gasteiger partial charge in [0, 0.05) is 15.6 Å². The molecule has 0 aliphatic heterocycles. The second-order valence-corrected chi connectivity index (χ2v) is 6.29. The second-order valence-electron chi connectivity index (χ2n) is 5.48. The quantitative estimate of drug-likeness (QED) is 0.696. The first-order valence-electron chi connectivity index (χ1n) is 7.57. The summed E-state index contributed by atoms with van der Waals surface area (Å²) in [6, 6.07) is 12.0. The van der Waals surface area contributed by atoms with Crippen LogP contribution in [-0.2, 0) is 16.0 Å². The van der Waals surface area contributed by atoms with Crippen LogP contribution in [0.15, 0.2) is 47.3 Å². The fourth-order valence-corrected chi connectivity index (χ4v) is 2.97. The third kappa shape index (κ3) is 3.83. The van der Waals surface area contributed by atoms with Crippen molar-refractivity contribution in [1.29, 1.82) is 0 Å². The van der Waals surface area contributed by atoms with Crippen molar-refractivity contribution < 1.29 is 9.53 Å². The number of hydrogen-bond donors (Lipinski definition) is 1. The van der Waals surface area contributed by atoms with E-state index in [4.69, 9.17) is 27.9 Å². The van der Waals surface area contributed by atoms with Crippen LogP contribution in [-0.4, -0.2) is 15.9 Å². The number of rotatable bonds is 4. The number of esters is 1. The van der Waals surface area contributed by atoms with E-state index in [-0.39, 0.29) is 17.8 Å². The third-order valence-corrected chi connectivity index (χ3v) is 4.42. The van der Waals surface area contributed by atoms with E-state index in [0.29, 0.717) is 26.5 Å². The van der Waals surface area contributed by atoms with Crippen molar-refractivity contribution in [2.24, 2.45) is 0 Å². The molecule has 0 radical (unpaired) electrons. The molecule has 0 aliphatic carbocycles. The second kappa shape index (κ2) is 7.25. The number of hydrogen-bond acceptors (Lipinski definition) is 4. The van der Waals surface area contributed by atoms with Crippen molar-refractivity contribution in [1.82, 2.24) is 9.97 Å². The Hall–Kier alpha value is -2.37. The van der Waals surface area contributed by atoms with Crippen LogP contribution in [0.2, 0.25) is 10.0 Å². The molecule has 0 unspecified atom stereocenters. The van der Waals surface area contributed by atoms with Crippen molar-refractivity contribution in [3.8, 4) is 0 Å². The lowest BCUT2D eigenvalue weighted by Crippen LogP contribution is -2.18. The van der Waals surface area contributed by atoms with Crippen LogP contribution >= 0.6 is 23.2 Å². The number of nitrogens with one attached hydrogen (secondary N) is 1. The van der Waals surface area contributed by atoms with Crippen LogP contribution in [0.1, 0.15) is 24.4 Å². The van der Waals surface area contributed by atoms with Crippen molar-refractivity contribution in [3.05, 3.63) is 74.3 Å². The topological polar surface area (TPSA) is 72.0 Å². The van der Waals surface area contributed by atoms with Crippen molar-refractivity contribution in [2.75, 3.05) is 0 Å². The van der Waals surface area contributed by atoms with E-state index >= 15 is 0 Å². The molecular formula is C18H14Cl2N2O3. The average Bonchev–Trinajstić information content (AvgIpc) is 2.58. The van der Waals surface area contributed by atoms with E-state index in [2.05, 4.69) is 9.97 Å². The molecule has 0 bridgehead atoms. The van der Waals surface area contributed by atoms with Crippen LogP contribution < -0.4 is 5.56 Å². The lowest BCUT2D eigenvalue weighted by atomic mass is 10.1. The lowest BCUT2D eigenvalue weighted by molar-refractivity contribution is -0.148. The molecule has 5 nitrogen and oxygen atoms in total. The van der Waals surface area contributed by atoms with E-state index < -0.39 is 12.1 Å². The van der Waals surface area contributed by atoms with Gasteiger partial charge < -0.3 is 9.72 Å². The number of halogens is 2. The Bertz CT molecular complexity index is 981.